The van der Waals surface area contributed by atoms with Gasteiger partial charge in [-0.05, 0) is 50.4 Å². The van der Waals surface area contributed by atoms with E-state index in [2.05, 4.69) is 31.0 Å². The van der Waals surface area contributed by atoms with Crippen LogP contribution in [-0.4, -0.2) is 25.2 Å². The number of hydrogen-bond donors (Lipinski definition) is 1. The zero-order chi connectivity index (χ0) is 14.7. The molecule has 1 saturated heterocycles. The number of hydrogen-bond acceptors (Lipinski definition) is 2. The summed E-state index contributed by atoms with van der Waals surface area (Å²) in [7, 11) is 0. The highest BCUT2D eigenvalue weighted by Gasteiger charge is 2.32. The van der Waals surface area contributed by atoms with E-state index < -0.39 is 0 Å². The topological polar surface area (TPSA) is 15.3 Å². The lowest BCUT2D eigenvalue weighted by atomic mass is 9.86. The van der Waals surface area contributed by atoms with Gasteiger partial charge in [-0.2, -0.15) is 0 Å². The molecule has 1 aromatic rings. The maximum absolute atomic E-state index is 13.3. The minimum absolute atomic E-state index is 0.202. The lowest BCUT2D eigenvalue weighted by Crippen LogP contribution is -2.53. The van der Waals surface area contributed by atoms with Crippen molar-refractivity contribution in [1.82, 2.24) is 5.32 Å². The highest BCUT2D eigenvalue weighted by atomic mass is 35.5. The van der Waals surface area contributed by atoms with Gasteiger partial charge >= 0.3 is 0 Å². The van der Waals surface area contributed by atoms with Gasteiger partial charge in [0.05, 0.1) is 5.02 Å². The summed E-state index contributed by atoms with van der Waals surface area (Å²) < 4.78 is 13.3. The maximum atomic E-state index is 13.3. The van der Waals surface area contributed by atoms with Crippen molar-refractivity contribution in [2.24, 2.45) is 5.92 Å². The van der Waals surface area contributed by atoms with E-state index in [0.717, 1.165) is 31.6 Å². The van der Waals surface area contributed by atoms with Crippen LogP contribution in [-0.2, 0) is 0 Å². The second-order valence-corrected chi connectivity index (χ2v) is 6.15. The van der Waals surface area contributed by atoms with Crippen molar-refractivity contribution in [3.8, 4) is 0 Å². The Balaban J connectivity index is 2.09. The number of halogens is 2. The van der Waals surface area contributed by atoms with E-state index in [-0.39, 0.29) is 10.8 Å². The third-order valence-electron chi connectivity index (χ3n) is 4.46. The Labute approximate surface area is 126 Å². The van der Waals surface area contributed by atoms with Crippen molar-refractivity contribution in [1.29, 1.82) is 0 Å². The molecule has 1 aliphatic heterocycles. The fourth-order valence-corrected chi connectivity index (χ4v) is 3.19. The van der Waals surface area contributed by atoms with Crippen LogP contribution in [0.4, 0.5) is 10.1 Å². The normalized spacial score (nSPS) is 26.9. The Morgan fingerprint density at radius 3 is 2.80 bits per heavy atom. The van der Waals surface area contributed by atoms with Gasteiger partial charge in [0, 0.05) is 24.3 Å². The monoisotopic (exact) mass is 298 g/mol. The van der Waals surface area contributed by atoms with Crippen LogP contribution in [0.3, 0.4) is 0 Å². The molecule has 1 aromatic carbocycles. The van der Waals surface area contributed by atoms with E-state index in [1.807, 2.05) is 6.07 Å². The van der Waals surface area contributed by atoms with Gasteiger partial charge in [-0.3, -0.25) is 0 Å². The molecule has 0 radical (unpaired) electrons. The van der Waals surface area contributed by atoms with Crippen molar-refractivity contribution < 1.29 is 4.39 Å². The molecular weight excluding hydrogens is 275 g/mol. The Morgan fingerprint density at radius 1 is 1.40 bits per heavy atom. The number of anilines is 1. The SMILES string of the molecule is CCCNC1CCN(c2ccc(F)c(Cl)c2)C(C)C1C. The van der Waals surface area contributed by atoms with Crippen molar-refractivity contribution in [2.75, 3.05) is 18.0 Å². The van der Waals surface area contributed by atoms with Crippen molar-refractivity contribution in [3.05, 3.63) is 29.0 Å². The van der Waals surface area contributed by atoms with Gasteiger partial charge in [-0.15, -0.1) is 0 Å². The molecule has 3 atom stereocenters. The van der Waals surface area contributed by atoms with Gasteiger partial charge in [0.2, 0.25) is 0 Å². The molecule has 1 N–H and O–H groups in total. The van der Waals surface area contributed by atoms with Gasteiger partial charge in [-0.1, -0.05) is 25.4 Å². The molecule has 112 valence electrons. The van der Waals surface area contributed by atoms with Gasteiger partial charge in [-0.25, -0.2) is 4.39 Å². The fraction of sp³-hybridized carbons (Fsp3) is 0.625. The average Bonchev–Trinajstić information content (AvgIpc) is 2.44. The summed E-state index contributed by atoms with van der Waals surface area (Å²) >= 11 is 5.90. The first-order chi connectivity index (χ1) is 9.54. The second kappa shape index (κ2) is 6.77. The van der Waals surface area contributed by atoms with Crippen LogP contribution < -0.4 is 10.2 Å². The van der Waals surface area contributed by atoms with Crippen LogP contribution in [0.2, 0.25) is 5.02 Å². The standard InChI is InChI=1S/C16H24ClFN2/c1-4-8-19-16-7-9-20(12(3)11(16)2)13-5-6-15(18)14(17)10-13/h5-6,10-12,16,19H,4,7-9H2,1-3H3. The van der Waals surface area contributed by atoms with Gasteiger partial charge in [0.25, 0.3) is 0 Å². The minimum atomic E-state index is -0.351. The highest BCUT2D eigenvalue weighted by Crippen LogP contribution is 2.31. The van der Waals surface area contributed by atoms with E-state index >= 15 is 0 Å². The first-order valence-electron chi connectivity index (χ1n) is 7.49. The lowest BCUT2D eigenvalue weighted by Gasteiger charge is -2.44. The molecule has 1 aliphatic rings. The third kappa shape index (κ3) is 3.26. The Morgan fingerprint density at radius 2 is 2.15 bits per heavy atom. The molecule has 0 bridgehead atoms. The van der Waals surface area contributed by atoms with Gasteiger partial charge in [0.1, 0.15) is 5.82 Å². The van der Waals surface area contributed by atoms with E-state index in [1.165, 1.54) is 6.07 Å². The van der Waals surface area contributed by atoms with Crippen LogP contribution in [0.5, 0.6) is 0 Å². The number of rotatable bonds is 4. The van der Waals surface area contributed by atoms with Gasteiger partial charge < -0.3 is 10.2 Å². The predicted octanol–water partition coefficient (Wildman–Crippen LogP) is 4.08. The quantitative estimate of drug-likeness (QED) is 0.901. The van der Waals surface area contributed by atoms with Crippen LogP contribution in [0.15, 0.2) is 18.2 Å². The smallest absolute Gasteiger partial charge is 0.141 e. The lowest BCUT2D eigenvalue weighted by molar-refractivity contribution is 0.271. The molecule has 0 aliphatic carbocycles. The Kier molecular flexibility index (Phi) is 5.28. The van der Waals surface area contributed by atoms with E-state index in [0.29, 0.717) is 18.0 Å². The number of piperidine rings is 1. The molecule has 0 aromatic heterocycles. The molecule has 20 heavy (non-hydrogen) atoms. The number of nitrogens with zero attached hydrogens (tertiary/aromatic N) is 1. The summed E-state index contributed by atoms with van der Waals surface area (Å²) in [4.78, 5) is 2.33. The van der Waals surface area contributed by atoms with Crippen LogP contribution in [0.1, 0.15) is 33.6 Å². The third-order valence-corrected chi connectivity index (χ3v) is 4.75. The summed E-state index contributed by atoms with van der Waals surface area (Å²) in [5, 5.41) is 3.83. The van der Waals surface area contributed by atoms with Crippen molar-refractivity contribution in [2.45, 2.75) is 45.7 Å². The zero-order valence-electron chi connectivity index (χ0n) is 12.5. The van der Waals surface area contributed by atoms with Crippen molar-refractivity contribution in [3.63, 3.8) is 0 Å². The molecule has 2 nitrogen and oxygen atoms in total. The molecule has 1 heterocycles. The molecule has 3 unspecified atom stereocenters. The Bertz CT molecular complexity index is 452. The van der Waals surface area contributed by atoms with Crippen LogP contribution in [0, 0.1) is 11.7 Å². The summed E-state index contributed by atoms with van der Waals surface area (Å²) in [6.45, 7) is 8.77. The summed E-state index contributed by atoms with van der Waals surface area (Å²) in [6, 6.07) is 6.00. The number of benzene rings is 1. The van der Waals surface area contributed by atoms with E-state index in [4.69, 9.17) is 11.6 Å². The largest absolute Gasteiger partial charge is 0.368 e. The first kappa shape index (κ1) is 15.6. The van der Waals surface area contributed by atoms with Crippen LogP contribution >= 0.6 is 11.6 Å². The van der Waals surface area contributed by atoms with E-state index in [9.17, 15) is 4.39 Å². The molecule has 0 saturated carbocycles. The van der Waals surface area contributed by atoms with Crippen molar-refractivity contribution >= 4 is 17.3 Å². The summed E-state index contributed by atoms with van der Waals surface area (Å²) in [6.07, 6.45) is 2.27. The second-order valence-electron chi connectivity index (χ2n) is 5.74. The Hall–Kier alpha value is -0.800. The predicted molar refractivity (Wildman–Crippen MR) is 84.1 cm³/mol. The minimum Gasteiger partial charge on any atom is -0.368 e. The maximum Gasteiger partial charge on any atom is 0.141 e. The number of nitrogens with one attached hydrogen (secondary N) is 1. The first-order valence-corrected chi connectivity index (χ1v) is 7.87. The molecule has 0 spiro atoms. The molecule has 0 amide bonds. The molecule has 1 fully saturated rings. The van der Waals surface area contributed by atoms with Crippen LogP contribution in [0.25, 0.3) is 0 Å². The van der Waals surface area contributed by atoms with Gasteiger partial charge in [0.15, 0.2) is 0 Å². The average molecular weight is 299 g/mol. The molecule has 2 rings (SSSR count). The zero-order valence-corrected chi connectivity index (χ0v) is 13.3. The fourth-order valence-electron chi connectivity index (χ4n) is 3.01. The molecular formula is C16H24ClFN2. The highest BCUT2D eigenvalue weighted by molar-refractivity contribution is 6.31. The van der Waals surface area contributed by atoms with E-state index in [1.54, 1.807) is 6.07 Å². The summed E-state index contributed by atoms with van der Waals surface area (Å²) in [5.41, 5.74) is 1.02. The summed E-state index contributed by atoms with van der Waals surface area (Å²) in [5.74, 6) is 0.203. The molecule has 4 heteroatoms.